The van der Waals surface area contributed by atoms with Gasteiger partial charge in [0.2, 0.25) is 0 Å². The molecule has 6 heteroatoms. The topological polar surface area (TPSA) is 63.1 Å². The Morgan fingerprint density at radius 3 is 2.83 bits per heavy atom. The molecule has 0 radical (unpaired) electrons. The molecule has 1 aliphatic rings. The number of hydrogen-bond donors (Lipinski definition) is 1. The third-order valence-electron chi connectivity index (χ3n) is 3.09. The Kier molecular flexibility index (Phi) is 2.89. The molecule has 0 aromatic carbocycles. The zero-order chi connectivity index (χ0) is 12.7. The van der Waals surface area contributed by atoms with Gasteiger partial charge in [-0.05, 0) is 25.7 Å². The molecule has 0 fully saturated rings. The minimum Gasteiger partial charge on any atom is -0.267 e. The average Bonchev–Trinajstić information content (AvgIpc) is 2.71. The molecule has 0 spiro atoms. The lowest BCUT2D eigenvalue weighted by Gasteiger charge is -2.12. The number of nitrogens with zero attached hydrogens (tertiary/aromatic N) is 3. The minimum atomic E-state index is 0.0257. The van der Waals surface area contributed by atoms with Gasteiger partial charge in [-0.1, -0.05) is 25.6 Å². The van der Waals surface area contributed by atoms with Crippen molar-refractivity contribution in [1.29, 1.82) is 0 Å². The molecule has 0 aliphatic heterocycles. The first-order chi connectivity index (χ1) is 8.65. The molecule has 0 unspecified atom stereocenters. The highest BCUT2D eigenvalue weighted by molar-refractivity contribution is 7.99. The van der Waals surface area contributed by atoms with E-state index < -0.39 is 0 Å². The van der Waals surface area contributed by atoms with Crippen LogP contribution in [0.15, 0.2) is 9.95 Å². The van der Waals surface area contributed by atoms with Crippen LogP contribution in [0.25, 0.3) is 5.78 Å². The third-order valence-corrected chi connectivity index (χ3v) is 3.97. The van der Waals surface area contributed by atoms with E-state index in [1.807, 2.05) is 0 Å². The molecule has 3 rings (SSSR count). The third kappa shape index (κ3) is 1.94. The number of aromatic nitrogens is 4. The molecule has 5 nitrogen and oxygen atoms in total. The van der Waals surface area contributed by atoms with Crippen molar-refractivity contribution in [3.05, 3.63) is 21.6 Å². The highest BCUT2D eigenvalue weighted by atomic mass is 32.2. The number of nitrogens with one attached hydrogen (secondary N) is 1. The van der Waals surface area contributed by atoms with Crippen LogP contribution in [0, 0.1) is 0 Å². The number of aryl methyl sites for hydroxylation is 1. The molecule has 2 aromatic rings. The number of hydrogen-bond acceptors (Lipinski definition) is 4. The van der Waals surface area contributed by atoms with Crippen molar-refractivity contribution in [3.63, 3.8) is 0 Å². The van der Waals surface area contributed by atoms with Crippen molar-refractivity contribution in [2.45, 2.75) is 49.9 Å². The quantitative estimate of drug-likeness (QED) is 0.840. The number of rotatable bonds is 2. The van der Waals surface area contributed by atoms with Crippen molar-refractivity contribution < 1.29 is 0 Å². The number of H-pyrrole nitrogens is 1. The molecule has 2 heterocycles. The smallest absolute Gasteiger partial charge is 0.267 e. The van der Waals surface area contributed by atoms with Gasteiger partial charge in [-0.3, -0.25) is 9.89 Å². The van der Waals surface area contributed by atoms with E-state index in [1.54, 1.807) is 11.8 Å². The minimum absolute atomic E-state index is 0.0257. The molecule has 96 valence electrons. The van der Waals surface area contributed by atoms with Crippen LogP contribution in [0.5, 0.6) is 0 Å². The SMILES string of the molecule is CC(C)Sc1nc2nc3c(c(=O)n2[nH]1)CCCC3. The molecule has 2 aromatic heterocycles. The van der Waals surface area contributed by atoms with E-state index in [9.17, 15) is 4.79 Å². The van der Waals surface area contributed by atoms with Crippen LogP contribution in [-0.2, 0) is 12.8 Å². The summed E-state index contributed by atoms with van der Waals surface area (Å²) in [6.07, 6.45) is 3.95. The van der Waals surface area contributed by atoms with Gasteiger partial charge in [-0.25, -0.2) is 4.98 Å². The van der Waals surface area contributed by atoms with Gasteiger partial charge in [0, 0.05) is 10.8 Å². The Hall–Kier alpha value is -1.30. The van der Waals surface area contributed by atoms with Crippen LogP contribution >= 0.6 is 11.8 Å². The number of fused-ring (bicyclic) bond motifs is 2. The molecule has 0 saturated heterocycles. The molecule has 1 aliphatic carbocycles. The van der Waals surface area contributed by atoms with Crippen LogP contribution < -0.4 is 5.56 Å². The molecular weight excluding hydrogens is 248 g/mol. The van der Waals surface area contributed by atoms with E-state index in [0.717, 1.165) is 42.1 Å². The molecule has 0 amide bonds. The Morgan fingerprint density at radius 2 is 2.06 bits per heavy atom. The lowest BCUT2D eigenvalue weighted by Crippen LogP contribution is -2.25. The summed E-state index contributed by atoms with van der Waals surface area (Å²) >= 11 is 1.61. The van der Waals surface area contributed by atoms with Gasteiger partial charge in [-0.2, -0.15) is 9.50 Å². The normalized spacial score (nSPS) is 15.3. The summed E-state index contributed by atoms with van der Waals surface area (Å²) in [6, 6.07) is 0. The summed E-state index contributed by atoms with van der Waals surface area (Å²) in [7, 11) is 0. The van der Waals surface area contributed by atoms with Gasteiger partial charge in [0.15, 0.2) is 5.16 Å². The number of aromatic amines is 1. The Balaban J connectivity index is 2.16. The second-order valence-electron chi connectivity index (χ2n) is 4.88. The van der Waals surface area contributed by atoms with Crippen molar-refractivity contribution >= 4 is 17.5 Å². The van der Waals surface area contributed by atoms with E-state index in [2.05, 4.69) is 28.9 Å². The summed E-state index contributed by atoms with van der Waals surface area (Å²) < 4.78 is 1.48. The summed E-state index contributed by atoms with van der Waals surface area (Å²) in [6.45, 7) is 4.19. The standard InChI is InChI=1S/C12H16N4OS/c1-7(2)18-12-14-11-13-9-6-4-3-5-8(9)10(17)16(11)15-12/h7H,3-6H2,1-2H3,(H,13,14,15). The zero-order valence-corrected chi connectivity index (χ0v) is 11.4. The van der Waals surface area contributed by atoms with Gasteiger partial charge < -0.3 is 0 Å². The van der Waals surface area contributed by atoms with Crippen LogP contribution in [0.1, 0.15) is 37.9 Å². The average molecular weight is 264 g/mol. The van der Waals surface area contributed by atoms with Crippen LogP contribution in [0.4, 0.5) is 0 Å². The van der Waals surface area contributed by atoms with Crippen LogP contribution in [0.3, 0.4) is 0 Å². The van der Waals surface area contributed by atoms with Gasteiger partial charge >= 0.3 is 0 Å². The Labute approximate surface area is 109 Å². The molecular formula is C12H16N4OS. The molecule has 18 heavy (non-hydrogen) atoms. The first kappa shape index (κ1) is 11.8. The Bertz CT molecular complexity index is 643. The Morgan fingerprint density at radius 1 is 1.28 bits per heavy atom. The van der Waals surface area contributed by atoms with Crippen molar-refractivity contribution in [2.24, 2.45) is 0 Å². The predicted octanol–water partition coefficient (Wildman–Crippen LogP) is 1.80. The largest absolute Gasteiger partial charge is 0.277 e. The summed E-state index contributed by atoms with van der Waals surface area (Å²) in [5, 5.41) is 4.23. The highest BCUT2D eigenvalue weighted by Gasteiger charge is 2.18. The first-order valence-corrected chi connectivity index (χ1v) is 7.20. The fraction of sp³-hybridized carbons (Fsp3) is 0.583. The second kappa shape index (κ2) is 4.42. The lowest BCUT2D eigenvalue weighted by atomic mass is 9.97. The van der Waals surface area contributed by atoms with Crippen molar-refractivity contribution in [1.82, 2.24) is 19.6 Å². The molecule has 0 atom stereocenters. The van der Waals surface area contributed by atoms with Crippen molar-refractivity contribution in [3.8, 4) is 0 Å². The van der Waals surface area contributed by atoms with Gasteiger partial charge in [0.25, 0.3) is 11.3 Å². The van der Waals surface area contributed by atoms with E-state index >= 15 is 0 Å². The first-order valence-electron chi connectivity index (χ1n) is 6.32. The molecule has 1 N–H and O–H groups in total. The number of thioether (sulfide) groups is 1. The van der Waals surface area contributed by atoms with E-state index in [0.29, 0.717) is 11.0 Å². The maximum Gasteiger partial charge on any atom is 0.277 e. The monoisotopic (exact) mass is 264 g/mol. The van der Waals surface area contributed by atoms with Gasteiger partial charge in [0.1, 0.15) is 0 Å². The maximum absolute atomic E-state index is 12.3. The van der Waals surface area contributed by atoms with E-state index in [4.69, 9.17) is 0 Å². The van der Waals surface area contributed by atoms with Gasteiger partial charge in [0.05, 0.1) is 5.69 Å². The highest BCUT2D eigenvalue weighted by Crippen LogP contribution is 2.20. The predicted molar refractivity (Wildman–Crippen MR) is 71.2 cm³/mol. The molecule has 0 bridgehead atoms. The molecule has 0 saturated carbocycles. The lowest BCUT2D eigenvalue weighted by molar-refractivity contribution is 0.649. The van der Waals surface area contributed by atoms with Crippen molar-refractivity contribution in [2.75, 3.05) is 0 Å². The van der Waals surface area contributed by atoms with Gasteiger partial charge in [-0.15, -0.1) is 0 Å². The van der Waals surface area contributed by atoms with Crippen LogP contribution in [-0.4, -0.2) is 24.8 Å². The van der Waals surface area contributed by atoms with E-state index in [1.165, 1.54) is 4.52 Å². The fourth-order valence-electron chi connectivity index (χ4n) is 2.30. The summed E-state index contributed by atoms with van der Waals surface area (Å²) in [5.41, 5.74) is 1.83. The van der Waals surface area contributed by atoms with E-state index in [-0.39, 0.29) is 5.56 Å². The fourth-order valence-corrected chi connectivity index (χ4v) is 3.03. The van der Waals surface area contributed by atoms with Crippen LogP contribution in [0.2, 0.25) is 0 Å². The zero-order valence-electron chi connectivity index (χ0n) is 10.6. The maximum atomic E-state index is 12.3. The second-order valence-corrected chi connectivity index (χ2v) is 6.45. The summed E-state index contributed by atoms with van der Waals surface area (Å²) in [4.78, 5) is 21.2. The summed E-state index contributed by atoms with van der Waals surface area (Å²) in [5.74, 6) is 0.504.